The van der Waals surface area contributed by atoms with Crippen molar-refractivity contribution in [3.8, 4) is 0 Å². The van der Waals surface area contributed by atoms with Crippen LogP contribution in [0.2, 0.25) is 0 Å². The molecule has 3 heteroatoms. The number of unbranched alkanes of at least 4 members (excludes halogenated alkanes) is 1. The molecule has 0 saturated carbocycles. The van der Waals surface area contributed by atoms with Crippen LogP contribution in [0.25, 0.3) is 0 Å². The van der Waals surface area contributed by atoms with Crippen molar-refractivity contribution >= 4 is 5.91 Å². The number of nitrogens with one attached hydrogen (secondary N) is 1. The Hall–Kier alpha value is -0.570. The highest BCUT2D eigenvalue weighted by Crippen LogP contribution is 1.81. The highest BCUT2D eigenvalue weighted by molar-refractivity contribution is 5.76. The van der Waals surface area contributed by atoms with Crippen LogP contribution < -0.4 is 5.32 Å². The van der Waals surface area contributed by atoms with E-state index in [4.69, 9.17) is 0 Å². The van der Waals surface area contributed by atoms with E-state index in [2.05, 4.69) is 5.32 Å². The van der Waals surface area contributed by atoms with Crippen molar-refractivity contribution in [1.82, 2.24) is 5.32 Å². The highest BCUT2D eigenvalue weighted by Gasteiger charge is 1.94. The van der Waals surface area contributed by atoms with Crippen molar-refractivity contribution < 1.29 is 9.90 Å². The summed E-state index contributed by atoms with van der Waals surface area (Å²) in [5.41, 5.74) is 0. The van der Waals surface area contributed by atoms with Crippen LogP contribution in [0.3, 0.4) is 0 Å². The predicted octanol–water partition coefficient (Wildman–Crippen LogP) is 0.333. The van der Waals surface area contributed by atoms with Gasteiger partial charge in [-0.15, -0.1) is 0 Å². The van der Waals surface area contributed by atoms with E-state index >= 15 is 0 Å². The van der Waals surface area contributed by atoms with Crippen LogP contribution in [0.1, 0.15) is 19.8 Å². The lowest BCUT2D eigenvalue weighted by molar-refractivity contribution is -0.125. The molecule has 1 radical (unpaired) electrons. The summed E-state index contributed by atoms with van der Waals surface area (Å²) in [6.07, 6.45) is 1.99. The molecule has 0 aromatic rings. The maximum absolute atomic E-state index is 10.3. The summed E-state index contributed by atoms with van der Waals surface area (Å²) in [6.45, 7) is 2.02. The van der Waals surface area contributed by atoms with Gasteiger partial charge in [0.05, 0.1) is 0 Å². The van der Waals surface area contributed by atoms with Gasteiger partial charge in [0.25, 0.3) is 0 Å². The van der Waals surface area contributed by atoms with Crippen LogP contribution in [-0.2, 0) is 9.90 Å². The molecule has 0 aliphatic heterocycles. The topological polar surface area (TPSA) is 49.0 Å². The molecule has 1 amide bonds. The summed E-state index contributed by atoms with van der Waals surface area (Å²) >= 11 is 0. The third-order valence-electron chi connectivity index (χ3n) is 0.984. The second-order valence-electron chi connectivity index (χ2n) is 1.85. The zero-order valence-corrected chi connectivity index (χ0v) is 5.64. The van der Waals surface area contributed by atoms with Crippen LogP contribution in [0.5, 0.6) is 0 Å². The predicted molar refractivity (Wildman–Crippen MR) is 33.5 cm³/mol. The van der Waals surface area contributed by atoms with Gasteiger partial charge in [-0.05, 0) is 6.42 Å². The molecule has 0 saturated heterocycles. The van der Waals surface area contributed by atoms with E-state index in [0.717, 1.165) is 12.8 Å². The zero-order chi connectivity index (χ0) is 7.11. The summed E-state index contributed by atoms with van der Waals surface area (Å²) in [4.78, 5) is 10.3. The normalized spacial score (nSPS) is 9.11. The van der Waals surface area contributed by atoms with E-state index < -0.39 is 12.5 Å². The van der Waals surface area contributed by atoms with Crippen LogP contribution in [0, 0.1) is 0 Å². The van der Waals surface area contributed by atoms with Gasteiger partial charge in [0.2, 0.25) is 5.91 Å². The number of rotatable bonds is 4. The fourth-order valence-electron chi connectivity index (χ4n) is 0.456. The van der Waals surface area contributed by atoms with Gasteiger partial charge in [-0.25, -0.2) is 5.11 Å². The molecule has 0 aliphatic rings. The van der Waals surface area contributed by atoms with Crippen molar-refractivity contribution in [1.29, 1.82) is 0 Å². The van der Waals surface area contributed by atoms with Crippen LogP contribution in [-0.4, -0.2) is 19.1 Å². The Morgan fingerprint density at radius 3 is 2.67 bits per heavy atom. The van der Waals surface area contributed by atoms with E-state index in [1.54, 1.807) is 0 Å². The lowest BCUT2D eigenvalue weighted by Crippen LogP contribution is -2.26. The molecule has 0 unspecified atom stereocenters. The first-order valence-corrected chi connectivity index (χ1v) is 3.16. The molecule has 0 aliphatic carbocycles. The van der Waals surface area contributed by atoms with Crippen molar-refractivity contribution in [3.05, 3.63) is 0 Å². The van der Waals surface area contributed by atoms with Gasteiger partial charge in [-0.2, -0.15) is 0 Å². The van der Waals surface area contributed by atoms with Gasteiger partial charge in [0, 0.05) is 6.54 Å². The molecule has 0 atom stereocenters. The first-order valence-electron chi connectivity index (χ1n) is 3.16. The van der Waals surface area contributed by atoms with E-state index in [0.29, 0.717) is 6.54 Å². The molecule has 0 fully saturated rings. The number of hydrogen-bond donors (Lipinski definition) is 1. The summed E-state index contributed by atoms with van der Waals surface area (Å²) in [5, 5.41) is 12.3. The first-order chi connectivity index (χ1) is 4.31. The summed E-state index contributed by atoms with van der Waals surface area (Å²) in [5.74, 6) is -0.400. The fraction of sp³-hybridized carbons (Fsp3) is 0.833. The summed E-state index contributed by atoms with van der Waals surface area (Å²) in [6, 6.07) is 0. The van der Waals surface area contributed by atoms with Crippen molar-refractivity contribution in [2.75, 3.05) is 13.2 Å². The van der Waals surface area contributed by atoms with E-state index in [-0.39, 0.29) is 0 Å². The Morgan fingerprint density at radius 1 is 1.56 bits per heavy atom. The highest BCUT2D eigenvalue weighted by atomic mass is 16.3. The number of amides is 1. The van der Waals surface area contributed by atoms with E-state index in [1.807, 2.05) is 6.92 Å². The monoisotopic (exact) mass is 130 g/mol. The second-order valence-corrected chi connectivity index (χ2v) is 1.85. The number of carbonyl (C=O) groups excluding carboxylic acids is 1. The molecule has 53 valence electrons. The first kappa shape index (κ1) is 8.43. The molecular weight excluding hydrogens is 118 g/mol. The SMILES string of the molecule is CCCCNC(=O)C[O]. The maximum atomic E-state index is 10.3. The molecule has 0 aromatic carbocycles. The largest absolute Gasteiger partial charge is 0.354 e. The molecular formula is C6H12NO2. The van der Waals surface area contributed by atoms with Crippen LogP contribution in [0.15, 0.2) is 0 Å². The van der Waals surface area contributed by atoms with E-state index in [1.165, 1.54) is 0 Å². The fourth-order valence-corrected chi connectivity index (χ4v) is 0.456. The van der Waals surface area contributed by atoms with Crippen LogP contribution in [0.4, 0.5) is 0 Å². The van der Waals surface area contributed by atoms with Crippen molar-refractivity contribution in [3.63, 3.8) is 0 Å². The van der Waals surface area contributed by atoms with Gasteiger partial charge in [-0.1, -0.05) is 13.3 Å². The second kappa shape index (κ2) is 5.56. The third kappa shape index (κ3) is 5.30. The number of carbonyl (C=O) groups is 1. The standard InChI is InChI=1S/C6H12NO2/c1-2-3-4-7-6(9)5-8/h2-5H2,1H3,(H,7,9). The summed E-state index contributed by atoms with van der Waals surface area (Å²) < 4.78 is 0. The minimum atomic E-state index is -0.649. The maximum Gasteiger partial charge on any atom is 0.249 e. The Kier molecular flexibility index (Phi) is 5.21. The summed E-state index contributed by atoms with van der Waals surface area (Å²) in [7, 11) is 0. The average molecular weight is 130 g/mol. The minimum Gasteiger partial charge on any atom is -0.354 e. The Labute approximate surface area is 55.1 Å². The quantitative estimate of drug-likeness (QED) is 0.548. The lowest BCUT2D eigenvalue weighted by Gasteiger charge is -1.98. The molecule has 1 N–H and O–H groups in total. The Balaban J connectivity index is 2.97. The van der Waals surface area contributed by atoms with Gasteiger partial charge < -0.3 is 5.32 Å². The van der Waals surface area contributed by atoms with Gasteiger partial charge in [0.1, 0.15) is 0 Å². The molecule has 0 rings (SSSR count). The van der Waals surface area contributed by atoms with Gasteiger partial charge >= 0.3 is 0 Å². The molecule has 9 heavy (non-hydrogen) atoms. The molecule has 0 spiro atoms. The molecule has 0 aromatic heterocycles. The smallest absolute Gasteiger partial charge is 0.249 e. The van der Waals surface area contributed by atoms with E-state index in [9.17, 15) is 9.90 Å². The van der Waals surface area contributed by atoms with Crippen molar-refractivity contribution in [2.45, 2.75) is 19.8 Å². The minimum absolute atomic E-state index is 0.400. The average Bonchev–Trinajstić information content (AvgIpc) is 1.89. The molecule has 0 heterocycles. The van der Waals surface area contributed by atoms with Crippen LogP contribution >= 0.6 is 0 Å². The van der Waals surface area contributed by atoms with Gasteiger partial charge in [-0.3, -0.25) is 4.79 Å². The zero-order valence-electron chi connectivity index (χ0n) is 5.64. The van der Waals surface area contributed by atoms with Gasteiger partial charge in [0.15, 0.2) is 6.61 Å². The Morgan fingerprint density at radius 2 is 2.22 bits per heavy atom. The number of hydrogen-bond acceptors (Lipinski definition) is 1. The third-order valence-corrected chi connectivity index (χ3v) is 0.984. The molecule has 3 nitrogen and oxygen atoms in total. The lowest BCUT2D eigenvalue weighted by atomic mass is 10.3. The molecule has 0 bridgehead atoms. The Bertz CT molecular complexity index is 83.1. The van der Waals surface area contributed by atoms with Crippen molar-refractivity contribution in [2.24, 2.45) is 0 Å².